The summed E-state index contributed by atoms with van der Waals surface area (Å²) >= 11 is 3.53. The lowest BCUT2D eigenvalue weighted by Gasteiger charge is -2.13. The quantitative estimate of drug-likeness (QED) is 0.764. The van der Waals surface area contributed by atoms with Crippen molar-refractivity contribution in [1.29, 1.82) is 0 Å². The number of fused-ring (bicyclic) bond motifs is 1. The first-order valence-corrected chi connectivity index (χ1v) is 7.43. The zero-order valence-electron chi connectivity index (χ0n) is 11.5. The Labute approximate surface area is 126 Å². The Kier molecular flexibility index (Phi) is 3.26. The Morgan fingerprint density at radius 2 is 2.05 bits per heavy atom. The van der Waals surface area contributed by atoms with E-state index >= 15 is 0 Å². The molecule has 4 heteroatoms. The molecule has 0 aliphatic carbocycles. The number of halogens is 1. The molecule has 0 bridgehead atoms. The maximum Gasteiger partial charge on any atom is 0.205 e. The molecule has 102 valence electrons. The third kappa shape index (κ3) is 2.00. The number of nitrogens with two attached hydrogens (primary N) is 1. The number of nitrogens with zero attached hydrogens (tertiary/aromatic N) is 2. The van der Waals surface area contributed by atoms with Gasteiger partial charge in [-0.25, -0.2) is 4.98 Å². The molecule has 0 aliphatic heterocycles. The van der Waals surface area contributed by atoms with Crippen LogP contribution in [0.3, 0.4) is 0 Å². The highest BCUT2D eigenvalue weighted by atomic mass is 79.9. The van der Waals surface area contributed by atoms with E-state index in [1.807, 2.05) is 18.2 Å². The first kappa shape index (κ1) is 13.2. The summed E-state index contributed by atoms with van der Waals surface area (Å²) in [6.07, 6.45) is 0.944. The van der Waals surface area contributed by atoms with Gasteiger partial charge in [0, 0.05) is 4.47 Å². The van der Waals surface area contributed by atoms with E-state index in [0.29, 0.717) is 5.95 Å². The van der Waals surface area contributed by atoms with Gasteiger partial charge in [0.05, 0.1) is 16.7 Å². The van der Waals surface area contributed by atoms with Crippen molar-refractivity contribution in [2.75, 3.05) is 5.73 Å². The fraction of sp³-hybridized carbons (Fsp3) is 0.188. The van der Waals surface area contributed by atoms with Crippen LogP contribution in [-0.2, 0) is 6.42 Å². The van der Waals surface area contributed by atoms with Gasteiger partial charge in [0.1, 0.15) is 0 Å². The summed E-state index contributed by atoms with van der Waals surface area (Å²) in [7, 11) is 0. The second kappa shape index (κ2) is 4.94. The maximum atomic E-state index is 6.16. The molecular weight excluding hydrogens is 314 g/mol. The predicted molar refractivity (Wildman–Crippen MR) is 87.3 cm³/mol. The zero-order chi connectivity index (χ0) is 14.3. The number of hydrogen-bond acceptors (Lipinski definition) is 2. The van der Waals surface area contributed by atoms with Gasteiger partial charge in [-0.3, -0.25) is 4.57 Å². The Hall–Kier alpha value is -1.81. The average molecular weight is 330 g/mol. The van der Waals surface area contributed by atoms with E-state index in [-0.39, 0.29) is 0 Å². The summed E-state index contributed by atoms with van der Waals surface area (Å²) in [5, 5.41) is 0. The molecule has 1 aromatic heterocycles. The molecule has 0 saturated carbocycles. The van der Waals surface area contributed by atoms with E-state index in [1.165, 1.54) is 11.1 Å². The second-order valence-corrected chi connectivity index (χ2v) is 5.79. The zero-order valence-corrected chi connectivity index (χ0v) is 13.1. The summed E-state index contributed by atoms with van der Waals surface area (Å²) in [5.41, 5.74) is 11.7. The second-order valence-electron chi connectivity index (χ2n) is 4.87. The number of para-hydroxylation sites is 1. The molecule has 0 atom stereocenters. The molecular formula is C16H16BrN3. The van der Waals surface area contributed by atoms with Crippen LogP contribution in [-0.4, -0.2) is 9.55 Å². The summed E-state index contributed by atoms with van der Waals surface area (Å²) < 4.78 is 3.13. The minimum Gasteiger partial charge on any atom is -0.369 e. The summed E-state index contributed by atoms with van der Waals surface area (Å²) in [6.45, 7) is 4.23. The lowest BCUT2D eigenvalue weighted by Crippen LogP contribution is -2.04. The van der Waals surface area contributed by atoms with E-state index in [9.17, 15) is 0 Å². The van der Waals surface area contributed by atoms with Crippen molar-refractivity contribution in [2.24, 2.45) is 0 Å². The molecule has 1 heterocycles. The van der Waals surface area contributed by atoms with E-state index in [0.717, 1.165) is 27.6 Å². The molecule has 0 radical (unpaired) electrons. The highest BCUT2D eigenvalue weighted by Gasteiger charge is 2.14. The van der Waals surface area contributed by atoms with Crippen molar-refractivity contribution in [3.05, 3.63) is 52.0 Å². The van der Waals surface area contributed by atoms with Gasteiger partial charge in [-0.05, 0) is 48.7 Å². The highest BCUT2D eigenvalue weighted by molar-refractivity contribution is 9.10. The SMILES string of the molecule is CCc1cc(Br)ccc1-n1c(N)nc2cccc(C)c21. The van der Waals surface area contributed by atoms with Gasteiger partial charge in [0.25, 0.3) is 0 Å². The van der Waals surface area contributed by atoms with Gasteiger partial charge in [0.2, 0.25) is 5.95 Å². The fourth-order valence-corrected chi connectivity index (χ4v) is 3.02. The van der Waals surface area contributed by atoms with Gasteiger partial charge in [-0.15, -0.1) is 0 Å². The number of nitrogen functional groups attached to an aromatic ring is 1. The normalized spacial score (nSPS) is 11.2. The Morgan fingerprint density at radius 1 is 1.25 bits per heavy atom. The number of imidazole rings is 1. The number of hydrogen-bond donors (Lipinski definition) is 1. The topological polar surface area (TPSA) is 43.8 Å². The van der Waals surface area contributed by atoms with Gasteiger partial charge in [-0.1, -0.05) is 35.0 Å². The van der Waals surface area contributed by atoms with Crippen molar-refractivity contribution in [3.63, 3.8) is 0 Å². The summed E-state index contributed by atoms with van der Waals surface area (Å²) in [6, 6.07) is 12.4. The number of benzene rings is 2. The standard InChI is InChI=1S/C16H16BrN3/c1-3-11-9-12(17)7-8-14(11)20-15-10(2)5-4-6-13(15)19-16(20)18/h4-9H,3H2,1-2H3,(H2,18,19). The van der Waals surface area contributed by atoms with Crippen LogP contribution in [0.4, 0.5) is 5.95 Å². The number of rotatable bonds is 2. The number of aryl methyl sites for hydroxylation is 2. The fourth-order valence-electron chi connectivity index (χ4n) is 2.61. The maximum absolute atomic E-state index is 6.16. The third-order valence-electron chi connectivity index (χ3n) is 3.57. The van der Waals surface area contributed by atoms with Crippen LogP contribution >= 0.6 is 15.9 Å². The average Bonchev–Trinajstić information content (AvgIpc) is 2.76. The van der Waals surface area contributed by atoms with Crippen LogP contribution in [0.1, 0.15) is 18.1 Å². The largest absolute Gasteiger partial charge is 0.369 e. The van der Waals surface area contributed by atoms with E-state index in [4.69, 9.17) is 5.73 Å². The van der Waals surface area contributed by atoms with Gasteiger partial charge >= 0.3 is 0 Å². The lowest BCUT2D eigenvalue weighted by molar-refractivity contribution is 1.03. The molecule has 2 N–H and O–H groups in total. The Bertz CT molecular complexity index is 790. The van der Waals surface area contributed by atoms with Crippen LogP contribution in [0.5, 0.6) is 0 Å². The van der Waals surface area contributed by atoms with Crippen molar-refractivity contribution < 1.29 is 0 Å². The molecule has 3 rings (SSSR count). The molecule has 2 aromatic carbocycles. The van der Waals surface area contributed by atoms with E-state index in [1.54, 1.807) is 0 Å². The molecule has 0 aliphatic rings. The highest BCUT2D eigenvalue weighted by Crippen LogP contribution is 2.29. The Morgan fingerprint density at radius 3 is 2.80 bits per heavy atom. The number of aromatic nitrogens is 2. The Balaban J connectivity index is 2.38. The molecule has 0 fully saturated rings. The van der Waals surface area contributed by atoms with Gasteiger partial charge in [0.15, 0.2) is 0 Å². The molecule has 3 aromatic rings. The smallest absolute Gasteiger partial charge is 0.205 e. The van der Waals surface area contributed by atoms with E-state index < -0.39 is 0 Å². The first-order chi connectivity index (χ1) is 9.61. The molecule has 20 heavy (non-hydrogen) atoms. The van der Waals surface area contributed by atoms with Crippen LogP contribution < -0.4 is 5.73 Å². The summed E-state index contributed by atoms with van der Waals surface area (Å²) in [5.74, 6) is 0.534. The third-order valence-corrected chi connectivity index (χ3v) is 4.06. The predicted octanol–water partition coefficient (Wildman–Crippen LogP) is 4.24. The van der Waals surface area contributed by atoms with E-state index in [2.05, 4.69) is 57.5 Å². The van der Waals surface area contributed by atoms with Crippen molar-refractivity contribution in [3.8, 4) is 5.69 Å². The van der Waals surface area contributed by atoms with Crippen molar-refractivity contribution in [2.45, 2.75) is 20.3 Å². The molecule has 0 saturated heterocycles. The van der Waals surface area contributed by atoms with Crippen LogP contribution in [0.15, 0.2) is 40.9 Å². The first-order valence-electron chi connectivity index (χ1n) is 6.64. The van der Waals surface area contributed by atoms with Gasteiger partial charge < -0.3 is 5.73 Å². The molecule has 3 nitrogen and oxygen atoms in total. The van der Waals surface area contributed by atoms with Gasteiger partial charge in [-0.2, -0.15) is 0 Å². The lowest BCUT2D eigenvalue weighted by atomic mass is 10.1. The molecule has 0 unspecified atom stereocenters. The monoisotopic (exact) mass is 329 g/mol. The van der Waals surface area contributed by atoms with Crippen molar-refractivity contribution in [1.82, 2.24) is 9.55 Å². The summed E-state index contributed by atoms with van der Waals surface area (Å²) in [4.78, 5) is 4.48. The minimum atomic E-state index is 0.534. The van der Waals surface area contributed by atoms with Crippen molar-refractivity contribution >= 4 is 32.9 Å². The molecule has 0 spiro atoms. The molecule has 0 amide bonds. The minimum absolute atomic E-state index is 0.534. The van der Waals surface area contributed by atoms with Crippen LogP contribution in [0, 0.1) is 6.92 Å². The van der Waals surface area contributed by atoms with Crippen LogP contribution in [0.25, 0.3) is 16.7 Å². The number of anilines is 1. The van der Waals surface area contributed by atoms with Crippen LogP contribution in [0.2, 0.25) is 0 Å².